The van der Waals surface area contributed by atoms with Crippen LogP contribution in [0.15, 0.2) is 61.1 Å². The van der Waals surface area contributed by atoms with Crippen molar-refractivity contribution in [1.29, 1.82) is 0 Å². The Labute approximate surface area is 194 Å². The zero-order chi connectivity index (χ0) is 22.3. The van der Waals surface area contributed by atoms with Crippen molar-refractivity contribution in [2.45, 2.75) is 25.5 Å². The summed E-state index contributed by atoms with van der Waals surface area (Å²) in [5, 5.41) is 3.62. The molecule has 2 fully saturated rings. The molecule has 1 aromatic carbocycles. The van der Waals surface area contributed by atoms with Crippen LogP contribution in [0.2, 0.25) is 0 Å². The molecular formula is C25H30N6O2. The van der Waals surface area contributed by atoms with Crippen molar-refractivity contribution in [2.75, 3.05) is 54.5 Å². The number of rotatable bonds is 7. The standard InChI is InChI=1S/C25H30N6O2/c1-2-5-20(6-3-1)18-33-25-15-22(8-9-26-25)31-10-4-7-21(17-31)29-23-16-24(28-19-27-23)30-11-13-32-14-12-30/h1-3,5-6,8-9,15-16,19,21H,4,7,10-14,17-18H2,(H,27,28,29)/t21-/m1/s1. The van der Waals surface area contributed by atoms with Crippen molar-refractivity contribution in [3.05, 3.63) is 66.6 Å². The maximum Gasteiger partial charge on any atom is 0.215 e. The van der Waals surface area contributed by atoms with Gasteiger partial charge in [0.15, 0.2) is 0 Å². The van der Waals surface area contributed by atoms with Gasteiger partial charge in [-0.15, -0.1) is 0 Å². The molecule has 2 saturated heterocycles. The SMILES string of the molecule is c1ccc(COc2cc(N3CCC[C@@H](Nc4cc(N5CCOCC5)ncn4)C3)ccn2)cc1. The fourth-order valence-corrected chi connectivity index (χ4v) is 4.34. The van der Waals surface area contributed by atoms with E-state index < -0.39 is 0 Å². The molecule has 1 N–H and O–H groups in total. The largest absolute Gasteiger partial charge is 0.473 e. The first-order chi connectivity index (χ1) is 16.3. The Kier molecular flexibility index (Phi) is 6.82. The normalized spacial score (nSPS) is 18.7. The molecule has 172 valence electrons. The first-order valence-electron chi connectivity index (χ1n) is 11.6. The number of anilines is 3. The smallest absolute Gasteiger partial charge is 0.215 e. The number of morpholine rings is 1. The van der Waals surface area contributed by atoms with Crippen molar-refractivity contribution in [1.82, 2.24) is 15.0 Å². The topological polar surface area (TPSA) is 75.6 Å². The minimum atomic E-state index is 0.313. The summed E-state index contributed by atoms with van der Waals surface area (Å²) < 4.78 is 11.4. The highest BCUT2D eigenvalue weighted by Gasteiger charge is 2.22. The van der Waals surface area contributed by atoms with Crippen molar-refractivity contribution in [2.24, 2.45) is 0 Å². The highest BCUT2D eigenvalue weighted by molar-refractivity contribution is 5.51. The summed E-state index contributed by atoms with van der Waals surface area (Å²) in [7, 11) is 0. The fraction of sp³-hybridized carbons (Fsp3) is 0.400. The molecule has 33 heavy (non-hydrogen) atoms. The lowest BCUT2D eigenvalue weighted by molar-refractivity contribution is 0.122. The van der Waals surface area contributed by atoms with Crippen molar-refractivity contribution in [3.8, 4) is 5.88 Å². The van der Waals surface area contributed by atoms with E-state index in [2.05, 4.69) is 48.3 Å². The number of hydrogen-bond donors (Lipinski definition) is 1. The van der Waals surface area contributed by atoms with Crippen molar-refractivity contribution < 1.29 is 9.47 Å². The molecule has 0 aliphatic carbocycles. The molecule has 2 aliphatic rings. The molecule has 0 amide bonds. The molecule has 8 heteroatoms. The summed E-state index contributed by atoms with van der Waals surface area (Å²) in [6.45, 7) is 5.65. The van der Waals surface area contributed by atoms with Crippen molar-refractivity contribution in [3.63, 3.8) is 0 Å². The number of aromatic nitrogens is 3. The van der Waals surface area contributed by atoms with E-state index in [1.54, 1.807) is 6.33 Å². The lowest BCUT2D eigenvalue weighted by atomic mass is 10.1. The lowest BCUT2D eigenvalue weighted by Crippen LogP contribution is -2.42. The summed E-state index contributed by atoms with van der Waals surface area (Å²) in [5.74, 6) is 2.48. The second-order valence-corrected chi connectivity index (χ2v) is 8.42. The van der Waals surface area contributed by atoms with E-state index >= 15 is 0 Å². The van der Waals surface area contributed by atoms with Crippen LogP contribution in [0.3, 0.4) is 0 Å². The van der Waals surface area contributed by atoms with Crippen molar-refractivity contribution >= 4 is 17.3 Å². The zero-order valence-electron chi connectivity index (χ0n) is 18.8. The van der Waals surface area contributed by atoms with Gasteiger partial charge in [0, 0.05) is 56.2 Å². The molecule has 0 saturated carbocycles. The minimum Gasteiger partial charge on any atom is -0.473 e. The number of benzene rings is 1. The quantitative estimate of drug-likeness (QED) is 0.592. The Morgan fingerprint density at radius 1 is 0.970 bits per heavy atom. The van der Waals surface area contributed by atoms with Gasteiger partial charge in [-0.1, -0.05) is 30.3 Å². The highest BCUT2D eigenvalue weighted by Crippen LogP contribution is 2.25. The number of ether oxygens (including phenoxy) is 2. The monoisotopic (exact) mass is 446 g/mol. The van der Waals surface area contributed by atoms with Crippen LogP contribution in [-0.2, 0) is 11.3 Å². The Balaban J connectivity index is 1.20. The highest BCUT2D eigenvalue weighted by atomic mass is 16.5. The average Bonchev–Trinajstić information content (AvgIpc) is 2.89. The van der Waals surface area contributed by atoms with Gasteiger partial charge in [-0.2, -0.15) is 0 Å². The minimum absolute atomic E-state index is 0.313. The Morgan fingerprint density at radius 2 is 1.85 bits per heavy atom. The van der Waals surface area contributed by atoms with Crippen LogP contribution < -0.4 is 19.9 Å². The number of piperidine rings is 1. The summed E-state index contributed by atoms with van der Waals surface area (Å²) in [6, 6.07) is 16.6. The van der Waals surface area contributed by atoms with Crippen LogP contribution in [0.1, 0.15) is 18.4 Å². The maximum atomic E-state index is 5.93. The summed E-state index contributed by atoms with van der Waals surface area (Å²) in [4.78, 5) is 18.0. The molecule has 4 heterocycles. The molecule has 3 aromatic rings. The van der Waals surface area contributed by atoms with E-state index in [1.165, 1.54) is 0 Å². The average molecular weight is 447 g/mol. The van der Waals surface area contributed by atoms with Gasteiger partial charge in [-0.05, 0) is 24.5 Å². The van der Waals surface area contributed by atoms with Gasteiger partial charge in [-0.25, -0.2) is 15.0 Å². The molecule has 0 unspecified atom stereocenters. The first kappa shape index (κ1) is 21.5. The van der Waals surface area contributed by atoms with E-state index in [1.807, 2.05) is 36.5 Å². The van der Waals surface area contributed by atoms with E-state index in [0.29, 0.717) is 18.5 Å². The Morgan fingerprint density at radius 3 is 2.73 bits per heavy atom. The summed E-state index contributed by atoms with van der Waals surface area (Å²) in [6.07, 6.45) is 5.69. The fourth-order valence-electron chi connectivity index (χ4n) is 4.34. The first-order valence-corrected chi connectivity index (χ1v) is 11.6. The van der Waals surface area contributed by atoms with Crippen LogP contribution in [-0.4, -0.2) is 60.4 Å². The molecule has 0 spiro atoms. The third-order valence-electron chi connectivity index (χ3n) is 6.07. The third-order valence-corrected chi connectivity index (χ3v) is 6.07. The van der Waals surface area contributed by atoms with Gasteiger partial charge in [0.1, 0.15) is 24.6 Å². The van der Waals surface area contributed by atoms with Crippen LogP contribution in [0.4, 0.5) is 17.3 Å². The van der Waals surface area contributed by atoms with E-state index in [-0.39, 0.29) is 0 Å². The third kappa shape index (κ3) is 5.70. The van der Waals surface area contributed by atoms with E-state index in [4.69, 9.17) is 9.47 Å². The lowest BCUT2D eigenvalue weighted by Gasteiger charge is -2.35. The molecule has 2 aromatic heterocycles. The Bertz CT molecular complexity index is 1030. The van der Waals surface area contributed by atoms with Gasteiger partial charge < -0.3 is 24.6 Å². The molecular weight excluding hydrogens is 416 g/mol. The number of nitrogens with zero attached hydrogens (tertiary/aromatic N) is 5. The predicted octanol–water partition coefficient (Wildman–Crippen LogP) is 3.37. The summed E-state index contributed by atoms with van der Waals surface area (Å²) in [5.41, 5.74) is 2.27. The number of nitrogens with one attached hydrogen (secondary N) is 1. The van der Waals surface area contributed by atoms with Gasteiger partial charge in [0.2, 0.25) is 5.88 Å². The predicted molar refractivity (Wildman–Crippen MR) is 129 cm³/mol. The molecule has 5 rings (SSSR count). The molecule has 1 atom stereocenters. The second kappa shape index (κ2) is 10.5. The van der Waals surface area contributed by atoms with E-state index in [9.17, 15) is 0 Å². The van der Waals surface area contributed by atoms with Gasteiger partial charge in [0.05, 0.1) is 13.2 Å². The van der Waals surface area contributed by atoms with Crippen LogP contribution in [0.25, 0.3) is 0 Å². The zero-order valence-corrected chi connectivity index (χ0v) is 18.8. The molecule has 0 radical (unpaired) electrons. The molecule has 0 bridgehead atoms. The number of pyridine rings is 1. The van der Waals surface area contributed by atoms with Gasteiger partial charge >= 0.3 is 0 Å². The Hall–Kier alpha value is -3.39. The van der Waals surface area contributed by atoms with Gasteiger partial charge in [0.25, 0.3) is 0 Å². The van der Waals surface area contributed by atoms with Crippen LogP contribution in [0, 0.1) is 0 Å². The van der Waals surface area contributed by atoms with Crippen LogP contribution >= 0.6 is 0 Å². The number of hydrogen-bond acceptors (Lipinski definition) is 8. The summed E-state index contributed by atoms with van der Waals surface area (Å²) >= 11 is 0. The van der Waals surface area contributed by atoms with E-state index in [0.717, 1.165) is 75.1 Å². The van der Waals surface area contributed by atoms with Crippen LogP contribution in [0.5, 0.6) is 5.88 Å². The van der Waals surface area contributed by atoms with Gasteiger partial charge in [-0.3, -0.25) is 0 Å². The molecule has 8 nitrogen and oxygen atoms in total. The second-order valence-electron chi connectivity index (χ2n) is 8.42. The molecule has 2 aliphatic heterocycles. The maximum absolute atomic E-state index is 5.93.